The fourth-order valence-electron chi connectivity index (χ4n) is 11.2. The number of amides is 6. The van der Waals surface area contributed by atoms with Crippen LogP contribution in [0.2, 0.25) is 0 Å². The first-order chi connectivity index (χ1) is 39.5. The zero-order chi connectivity index (χ0) is 59.9. The molecule has 22 heteroatoms. The average Bonchev–Trinajstić information content (AvgIpc) is 2.98. The van der Waals surface area contributed by atoms with Crippen LogP contribution in [-0.2, 0) is 89.0 Å². The number of rotatable bonds is 26. The van der Waals surface area contributed by atoms with E-state index in [2.05, 4.69) is 21.3 Å². The number of aromatic nitrogens is 2. The van der Waals surface area contributed by atoms with Gasteiger partial charge in [-0.1, -0.05) is 43.7 Å². The molecule has 0 fully saturated rings. The van der Waals surface area contributed by atoms with E-state index in [4.69, 9.17) is 14.5 Å². The topological polar surface area (TPSA) is 296 Å². The number of unbranched alkanes of at least 4 members (excludes halogenated alkanes) is 2. The van der Waals surface area contributed by atoms with Gasteiger partial charge in [0.1, 0.15) is 18.0 Å². The van der Waals surface area contributed by atoms with Crippen LogP contribution in [0, 0.1) is 18.7 Å². The van der Waals surface area contributed by atoms with Gasteiger partial charge in [-0.2, -0.15) is 0 Å². The van der Waals surface area contributed by atoms with E-state index in [0.29, 0.717) is 71.1 Å². The lowest BCUT2D eigenvalue weighted by atomic mass is 9.81. The van der Waals surface area contributed by atoms with Crippen molar-refractivity contribution in [2.24, 2.45) is 5.92 Å². The first-order valence-electron chi connectivity index (χ1n) is 28.2. The highest BCUT2D eigenvalue weighted by atomic mass is 19.1. The van der Waals surface area contributed by atoms with Gasteiger partial charge in [0.25, 0.3) is 17.4 Å². The average molecular weight is 1140 g/mol. The number of Topliss-reactive ketones (excluding diaryl/α,β-unsaturated/α-hetero) is 2. The lowest BCUT2D eigenvalue weighted by Gasteiger charge is -2.31. The van der Waals surface area contributed by atoms with Crippen molar-refractivity contribution in [1.29, 1.82) is 0 Å². The van der Waals surface area contributed by atoms with Crippen LogP contribution < -0.4 is 26.8 Å². The van der Waals surface area contributed by atoms with E-state index in [1.165, 1.54) is 22.8 Å². The van der Waals surface area contributed by atoms with Crippen molar-refractivity contribution in [2.75, 3.05) is 19.6 Å². The van der Waals surface area contributed by atoms with Crippen LogP contribution in [0.3, 0.4) is 0 Å². The molecule has 21 nitrogen and oxygen atoms in total. The van der Waals surface area contributed by atoms with Crippen LogP contribution in [0.4, 0.5) is 4.39 Å². The molecular weight excluding hydrogens is 1070 g/mol. The zero-order valence-corrected chi connectivity index (χ0v) is 47.3. The van der Waals surface area contributed by atoms with E-state index >= 15 is 4.39 Å². The predicted octanol–water partition coefficient (Wildman–Crippen LogP) is 4.51. The Morgan fingerprint density at radius 3 is 2.30 bits per heavy atom. The number of aliphatic hydroxyl groups is 1. The molecule has 2 aromatic carbocycles. The van der Waals surface area contributed by atoms with E-state index in [1.807, 2.05) is 18.2 Å². The van der Waals surface area contributed by atoms with Crippen molar-refractivity contribution in [3.05, 3.63) is 110 Å². The third kappa shape index (κ3) is 14.2. The molecule has 4 aliphatic rings. The summed E-state index contributed by atoms with van der Waals surface area (Å²) in [6.07, 6.45) is 3.42. The molecule has 4 aromatic rings. The molecule has 0 saturated carbocycles. The Bertz CT molecular complexity index is 3370. The number of pyridine rings is 2. The summed E-state index contributed by atoms with van der Waals surface area (Å²) in [4.78, 5) is 150. The van der Waals surface area contributed by atoms with Gasteiger partial charge in [-0.3, -0.25) is 52.8 Å². The van der Waals surface area contributed by atoms with Crippen molar-refractivity contribution < 1.29 is 66.9 Å². The molecule has 3 aliphatic heterocycles. The minimum atomic E-state index is -2.05. The SMILES string of the molecule is CC[C@@]1(O)C(=O)OCc2c1cc1n(c2=O)Cc2c-1nc1cc(F)c(C)c3c1c2[C@@H](NC(=O)CCCNC(=O)[C@@H](CC(=O)CNC(=O)CCC(=O)[C@H](CC(=O)OC(C)(C)C)NC(=O)CCCCCN1C(=O)C=CC1=O)Cc1ccccc1)CC3. The number of hydrogen-bond donors (Lipinski definition) is 5. The molecule has 0 spiro atoms. The van der Waals surface area contributed by atoms with Gasteiger partial charge in [0, 0.05) is 85.8 Å². The van der Waals surface area contributed by atoms with Gasteiger partial charge in [-0.05, 0) is 101 Å². The van der Waals surface area contributed by atoms with Crippen LogP contribution in [0.1, 0.15) is 150 Å². The predicted molar refractivity (Wildman–Crippen MR) is 298 cm³/mol. The van der Waals surface area contributed by atoms with Gasteiger partial charge in [-0.15, -0.1) is 0 Å². The van der Waals surface area contributed by atoms with Crippen LogP contribution >= 0.6 is 0 Å². The van der Waals surface area contributed by atoms with Gasteiger partial charge in [0.2, 0.25) is 23.6 Å². The Balaban J connectivity index is 0.842. The molecule has 0 unspecified atom stereocenters. The fourth-order valence-corrected chi connectivity index (χ4v) is 11.2. The van der Waals surface area contributed by atoms with Gasteiger partial charge in [-0.25, -0.2) is 14.2 Å². The third-order valence-electron chi connectivity index (χ3n) is 15.5. The number of nitrogens with one attached hydrogen (secondary N) is 4. The summed E-state index contributed by atoms with van der Waals surface area (Å²) in [6.45, 7) is 7.84. The molecule has 1 aliphatic carbocycles. The Morgan fingerprint density at radius 1 is 0.867 bits per heavy atom. The van der Waals surface area contributed by atoms with Crippen molar-refractivity contribution in [2.45, 2.75) is 161 Å². The lowest BCUT2D eigenvalue weighted by Crippen LogP contribution is -2.44. The number of benzene rings is 2. The summed E-state index contributed by atoms with van der Waals surface area (Å²) in [5, 5.41) is 23.2. The first-order valence-corrected chi connectivity index (χ1v) is 28.2. The van der Waals surface area contributed by atoms with Crippen LogP contribution in [0.25, 0.3) is 22.3 Å². The number of fused-ring (bicyclic) bond motifs is 5. The van der Waals surface area contributed by atoms with Crippen LogP contribution in [-0.4, -0.2) is 110 Å². The molecule has 0 bridgehead atoms. The number of carbonyl (C=O) groups is 10. The molecule has 0 radical (unpaired) electrons. The number of ketones is 2. The highest BCUT2D eigenvalue weighted by Crippen LogP contribution is 2.46. The summed E-state index contributed by atoms with van der Waals surface area (Å²) in [5.74, 6) is -6.74. The van der Waals surface area contributed by atoms with Crippen LogP contribution in [0.5, 0.6) is 0 Å². The summed E-state index contributed by atoms with van der Waals surface area (Å²) in [5.41, 5.74) is 1.30. The number of nitrogens with zero attached hydrogens (tertiary/aromatic N) is 3. The first kappa shape index (κ1) is 60.8. The maximum atomic E-state index is 15.5. The van der Waals surface area contributed by atoms with E-state index < -0.39 is 107 Å². The molecule has 4 atom stereocenters. The number of cyclic esters (lactones) is 1. The molecule has 5 N–H and O–H groups in total. The summed E-state index contributed by atoms with van der Waals surface area (Å²) in [6, 6.07) is 10.1. The normalized spacial score (nSPS) is 17.5. The molecule has 5 heterocycles. The van der Waals surface area contributed by atoms with Gasteiger partial charge >= 0.3 is 11.9 Å². The Labute approximate surface area is 478 Å². The Kier molecular flexibility index (Phi) is 19.0. The highest BCUT2D eigenvalue weighted by Gasteiger charge is 2.46. The number of aryl methyl sites for hydroxylation is 1. The Morgan fingerprint density at radius 2 is 1.59 bits per heavy atom. The second-order valence-electron chi connectivity index (χ2n) is 22.6. The van der Waals surface area contributed by atoms with E-state index in [9.17, 15) is 57.8 Å². The molecule has 83 heavy (non-hydrogen) atoms. The van der Waals surface area contributed by atoms with Crippen LogP contribution in [0.15, 0.2) is 59.4 Å². The maximum Gasteiger partial charge on any atom is 0.343 e. The van der Waals surface area contributed by atoms with Crippen molar-refractivity contribution >= 4 is 69.9 Å². The third-order valence-corrected chi connectivity index (χ3v) is 15.5. The number of ether oxygens (including phenoxy) is 2. The largest absolute Gasteiger partial charge is 0.460 e. The number of halogens is 1. The van der Waals surface area contributed by atoms with Gasteiger partial charge in [0.05, 0.1) is 54.1 Å². The standard InChI is InChI=1S/C61H70FN7O14/c1-6-61(81)41-28-46-56-39(32-69(46)58(79)40(41)33-82-59(61)80)55-43(19-18-38-34(2)42(62)29-45(67-56)54(38)55)65-50(74)17-13-24-63-57(78)36(26-35-14-9-7-10-15-35)27-37(70)31-64-48(72)21-20-47(71)44(30-53(77)83-60(3,4)5)66-49(73)16-11-8-12-25-68-51(75)22-23-52(68)76/h7,9-10,14-15,22-23,28-29,36,43-44,81H,6,8,11-13,16-21,24-27,30-33H2,1-5H3,(H,63,78)(H,64,72)(H,65,74)(H,66,73)/t36-,43+,44+,61+/m1/s1. The number of esters is 2. The highest BCUT2D eigenvalue weighted by molar-refractivity contribution is 6.12. The maximum absolute atomic E-state index is 15.5. The smallest absolute Gasteiger partial charge is 0.343 e. The van der Waals surface area contributed by atoms with E-state index in [0.717, 1.165) is 16.0 Å². The summed E-state index contributed by atoms with van der Waals surface area (Å²) in [7, 11) is 0. The van der Waals surface area contributed by atoms with Crippen molar-refractivity contribution in [1.82, 2.24) is 35.7 Å². The minimum Gasteiger partial charge on any atom is -0.460 e. The van der Waals surface area contributed by atoms with Crippen molar-refractivity contribution in [3.63, 3.8) is 0 Å². The van der Waals surface area contributed by atoms with E-state index in [1.54, 1.807) is 52.8 Å². The minimum absolute atomic E-state index is 0.00339. The van der Waals surface area contributed by atoms with Crippen molar-refractivity contribution in [3.8, 4) is 11.4 Å². The molecule has 440 valence electrons. The fraction of sp³-hybridized carbons (Fsp3) is 0.475. The number of hydrogen-bond acceptors (Lipinski definition) is 15. The Hall–Kier alpha value is -8.27. The lowest BCUT2D eigenvalue weighted by molar-refractivity contribution is -0.172. The molecule has 6 amide bonds. The summed E-state index contributed by atoms with van der Waals surface area (Å²) < 4.78 is 27.6. The molecule has 2 aromatic heterocycles. The second kappa shape index (κ2) is 25.9. The quantitative estimate of drug-likeness (QED) is 0.0289. The molecular formula is C61H70FN7O14. The van der Waals surface area contributed by atoms with Gasteiger partial charge < -0.3 is 40.4 Å². The molecule has 0 saturated heterocycles. The zero-order valence-electron chi connectivity index (χ0n) is 47.3. The number of carbonyl (C=O) groups excluding carboxylic acids is 10. The summed E-state index contributed by atoms with van der Waals surface area (Å²) >= 11 is 0. The van der Waals surface area contributed by atoms with E-state index in [-0.39, 0.29) is 94.6 Å². The van der Waals surface area contributed by atoms with Gasteiger partial charge in [0.15, 0.2) is 17.2 Å². The second-order valence-corrected chi connectivity index (χ2v) is 22.6. The number of imide groups is 1. The monoisotopic (exact) mass is 1140 g/mol. The molecule has 8 rings (SSSR count).